The van der Waals surface area contributed by atoms with Crippen molar-refractivity contribution in [1.82, 2.24) is 0 Å². The summed E-state index contributed by atoms with van der Waals surface area (Å²) in [5.41, 5.74) is 26.4. The van der Waals surface area contributed by atoms with Gasteiger partial charge in [-0.25, -0.2) is 0 Å². The van der Waals surface area contributed by atoms with Crippen molar-refractivity contribution in [3.05, 3.63) is 178 Å². The van der Waals surface area contributed by atoms with Gasteiger partial charge in [0, 0.05) is 44.5 Å². The van der Waals surface area contributed by atoms with Crippen LogP contribution in [0.2, 0.25) is 0 Å². The van der Waals surface area contributed by atoms with Gasteiger partial charge in [0.2, 0.25) is 0 Å². The van der Waals surface area contributed by atoms with Crippen LogP contribution in [0.4, 0.5) is 50.5 Å². The molecule has 3 heterocycles. The van der Waals surface area contributed by atoms with Gasteiger partial charge in [0.25, 0.3) is 6.71 Å². The van der Waals surface area contributed by atoms with Crippen molar-refractivity contribution in [3.63, 3.8) is 0 Å². The highest BCUT2D eigenvalue weighted by molar-refractivity contribution is 7.26. The van der Waals surface area contributed by atoms with Gasteiger partial charge >= 0.3 is 0 Å². The molecule has 3 nitrogen and oxygen atoms in total. The van der Waals surface area contributed by atoms with Gasteiger partial charge in [-0.15, -0.1) is 11.3 Å². The van der Waals surface area contributed by atoms with Gasteiger partial charge in [-0.3, -0.25) is 0 Å². The monoisotopic (exact) mass is 1080 g/mol. The third-order valence-corrected chi connectivity index (χ3v) is 23.0. The number of rotatable bonds is 5. The third-order valence-electron chi connectivity index (χ3n) is 21.8. The first-order chi connectivity index (χ1) is 38.1. The molecule has 8 aromatic rings. The van der Waals surface area contributed by atoms with Crippen LogP contribution in [0, 0.1) is 0 Å². The molecule has 1 fully saturated rings. The number of nitrogens with zero attached hydrogens (tertiary/aromatic N) is 3. The predicted molar refractivity (Wildman–Crippen MR) is 352 cm³/mol. The van der Waals surface area contributed by atoms with E-state index in [9.17, 15) is 0 Å². The van der Waals surface area contributed by atoms with Crippen LogP contribution in [-0.4, -0.2) is 6.71 Å². The summed E-state index contributed by atoms with van der Waals surface area (Å²) >= 11 is 2.07. The molecule has 5 aliphatic carbocycles. The first-order valence-electron chi connectivity index (χ1n) is 30.9. The third kappa shape index (κ3) is 7.99. The number of thiophene rings is 1. The van der Waals surface area contributed by atoms with Crippen molar-refractivity contribution in [2.24, 2.45) is 0 Å². The summed E-state index contributed by atoms with van der Waals surface area (Å²) < 4.78 is 1.43. The minimum absolute atomic E-state index is 0.00239. The Bertz CT molecular complexity index is 3830. The Balaban J connectivity index is 1.18. The van der Waals surface area contributed by atoms with E-state index < -0.39 is 0 Å². The molecule has 414 valence electrons. The van der Waals surface area contributed by atoms with Gasteiger partial charge in [0.1, 0.15) is 0 Å². The number of anilines is 9. The summed E-state index contributed by atoms with van der Waals surface area (Å²) in [7, 11) is 0. The van der Waals surface area contributed by atoms with E-state index in [0.717, 1.165) is 36.3 Å². The topological polar surface area (TPSA) is 9.72 Å². The van der Waals surface area contributed by atoms with E-state index in [1.54, 1.807) is 11.1 Å². The molecule has 0 unspecified atom stereocenters. The van der Waals surface area contributed by atoms with Gasteiger partial charge in [-0.1, -0.05) is 165 Å². The maximum Gasteiger partial charge on any atom is 0.254 e. The largest absolute Gasteiger partial charge is 0.311 e. The van der Waals surface area contributed by atoms with Crippen LogP contribution in [0.15, 0.2) is 133 Å². The molecule has 0 N–H and O–H groups in total. The zero-order chi connectivity index (χ0) is 56.9. The first kappa shape index (κ1) is 53.0. The van der Waals surface area contributed by atoms with E-state index in [0.29, 0.717) is 0 Å². The molecule has 0 amide bonds. The maximum atomic E-state index is 2.78. The SMILES string of the molecule is CC(C)(C)c1cc(N2c3cc4c(cc3B3c5c2cc(N(c2ccccc2)c2ccccc2)cc5N(c2ccc5c(c2)C(C)(C)CCC5(C)C)c2sc5cc6c(cc5c23)C2(C)CCC6(C)CC2)C(C)(C)CCC4(C)C)cc(C(C)(C)C)c1. The fourth-order valence-electron chi connectivity index (χ4n) is 16.1. The quantitative estimate of drug-likeness (QED) is 0.159. The second-order valence-corrected chi connectivity index (χ2v) is 32.4. The molecule has 1 aromatic heterocycles. The Labute approximate surface area is 490 Å². The average molecular weight is 1080 g/mol. The summed E-state index contributed by atoms with van der Waals surface area (Å²) in [4.78, 5) is 8.07. The summed E-state index contributed by atoms with van der Waals surface area (Å²) in [6.07, 6.45) is 9.74. The number of hydrogen-bond acceptors (Lipinski definition) is 4. The Kier molecular flexibility index (Phi) is 11.3. The molecule has 15 rings (SSSR count). The van der Waals surface area contributed by atoms with Crippen LogP contribution >= 0.6 is 11.3 Å². The van der Waals surface area contributed by atoms with E-state index in [2.05, 4.69) is 270 Å². The Morgan fingerprint density at radius 1 is 0.407 bits per heavy atom. The maximum absolute atomic E-state index is 2.78. The van der Waals surface area contributed by atoms with E-state index in [1.807, 2.05) is 0 Å². The molecule has 7 aliphatic rings. The second kappa shape index (κ2) is 17.3. The van der Waals surface area contributed by atoms with Crippen molar-refractivity contribution in [3.8, 4) is 0 Å². The average Bonchev–Trinajstić information content (AvgIpc) is 4.01. The normalized spacial score (nSPS) is 22.3. The molecule has 1 saturated carbocycles. The number of hydrogen-bond donors (Lipinski definition) is 0. The van der Waals surface area contributed by atoms with Crippen molar-refractivity contribution in [2.75, 3.05) is 14.7 Å². The zero-order valence-electron chi connectivity index (χ0n) is 51.7. The van der Waals surface area contributed by atoms with Gasteiger partial charge in [0.05, 0.1) is 10.7 Å². The summed E-state index contributed by atoms with van der Waals surface area (Å²) in [5.74, 6) is 0. The molecule has 0 atom stereocenters. The molecular formula is C76H86BN3S. The lowest BCUT2D eigenvalue weighted by Crippen LogP contribution is -2.61. The van der Waals surface area contributed by atoms with Gasteiger partial charge in [-0.2, -0.15) is 0 Å². The summed E-state index contributed by atoms with van der Waals surface area (Å²) in [6, 6.07) is 53.7. The zero-order valence-corrected chi connectivity index (χ0v) is 52.5. The molecule has 81 heavy (non-hydrogen) atoms. The van der Waals surface area contributed by atoms with Crippen LogP contribution in [0.3, 0.4) is 0 Å². The molecule has 0 radical (unpaired) electrons. The van der Waals surface area contributed by atoms with Gasteiger partial charge in [-0.05, 0) is 240 Å². The highest BCUT2D eigenvalue weighted by Gasteiger charge is 2.52. The van der Waals surface area contributed by atoms with E-state index in [4.69, 9.17) is 0 Å². The number of benzene rings is 7. The van der Waals surface area contributed by atoms with Crippen LogP contribution in [0.5, 0.6) is 0 Å². The van der Waals surface area contributed by atoms with Gasteiger partial charge in [0.15, 0.2) is 0 Å². The van der Waals surface area contributed by atoms with Crippen LogP contribution < -0.4 is 31.1 Å². The van der Waals surface area contributed by atoms with Crippen molar-refractivity contribution < 1.29 is 0 Å². The minimum atomic E-state index is -0.0832. The fourth-order valence-corrected chi connectivity index (χ4v) is 17.4. The Morgan fingerprint density at radius 3 is 1.42 bits per heavy atom. The Hall–Kier alpha value is -6.04. The van der Waals surface area contributed by atoms with Crippen molar-refractivity contribution in [1.29, 1.82) is 0 Å². The number of fused-ring (bicyclic) bond motifs is 10. The van der Waals surface area contributed by atoms with Gasteiger partial charge < -0.3 is 14.7 Å². The van der Waals surface area contributed by atoms with E-state index in [1.165, 1.54) is 125 Å². The molecular weight excluding hydrogens is 998 g/mol. The minimum Gasteiger partial charge on any atom is -0.311 e. The highest BCUT2D eigenvalue weighted by atomic mass is 32.1. The van der Waals surface area contributed by atoms with E-state index >= 15 is 0 Å². The predicted octanol–water partition coefficient (Wildman–Crippen LogP) is 19.8. The van der Waals surface area contributed by atoms with Crippen LogP contribution in [0.1, 0.15) is 207 Å². The smallest absolute Gasteiger partial charge is 0.254 e. The first-order valence-corrected chi connectivity index (χ1v) is 31.7. The molecule has 0 spiro atoms. The number of para-hydroxylation sites is 2. The summed E-state index contributed by atoms with van der Waals surface area (Å²) in [5, 5.41) is 2.83. The lowest BCUT2D eigenvalue weighted by atomic mass is 9.33. The standard InChI is InChI=1S/C76H86BN3S/c1-69(2,3)47-37-48(70(4,5)6)39-52(38-47)79-62-45-58-57(73(11,12)31-32-74(58,13)14)44-61(62)77-66-54-43-59-60(76(16)35-33-75(59,15)34-36-76)46-65(54)81-68(66)80(51-27-28-55-56(40-51)72(9,10)30-29-71(55,7)8)64-42-53(41-63(79)67(64)77)78(49-23-19-17-20-24-49)50-25-21-18-22-26-50/h17-28,37-46H,29-36H2,1-16H3. The molecule has 7 aromatic carbocycles. The van der Waals surface area contributed by atoms with E-state index in [-0.39, 0.29) is 50.0 Å². The lowest BCUT2D eigenvalue weighted by Gasteiger charge is -2.52. The van der Waals surface area contributed by atoms with Crippen LogP contribution in [-0.2, 0) is 43.3 Å². The molecule has 0 saturated heterocycles. The second-order valence-electron chi connectivity index (χ2n) is 31.3. The molecule has 5 heteroatoms. The Morgan fingerprint density at radius 2 is 0.889 bits per heavy atom. The molecule has 2 aliphatic heterocycles. The van der Waals surface area contributed by atoms with Crippen molar-refractivity contribution in [2.45, 2.75) is 205 Å². The fraction of sp³-hybridized carbons (Fsp3) is 0.421. The molecule has 2 bridgehead atoms. The highest BCUT2D eigenvalue weighted by Crippen LogP contribution is 2.60. The summed E-state index contributed by atoms with van der Waals surface area (Å²) in [6.45, 7) is 39.6. The lowest BCUT2D eigenvalue weighted by molar-refractivity contribution is 0.188. The van der Waals surface area contributed by atoms with Crippen LogP contribution in [0.25, 0.3) is 10.1 Å². The van der Waals surface area contributed by atoms with Crippen molar-refractivity contribution >= 4 is 95.0 Å².